The zero-order valence-corrected chi connectivity index (χ0v) is 22.6. The highest BCUT2D eigenvalue weighted by Gasteiger charge is 2.19. The minimum Gasteiger partial charge on any atom is -0.502 e. The molecule has 1 fully saturated rings. The standard InChI is InChI=1S/C29H39ClN2O5/c1-3-5-17-36-27-19-23(20-28(29(27)35)37-18-6-4-2)25(33)11-12-31-13-15-32(16-14-31)21-26(34)22-7-9-24(30)10-8-22/h7-12,19-20,26,34-35H,3-6,13-18,21H2,1-2H3. The molecule has 2 aromatic rings. The molecule has 1 unspecified atom stereocenters. The minimum absolute atomic E-state index is 0.0651. The van der Waals surface area contributed by atoms with Gasteiger partial charge in [0, 0.05) is 55.6 Å². The Morgan fingerprint density at radius 3 is 2.11 bits per heavy atom. The Morgan fingerprint density at radius 1 is 1.00 bits per heavy atom. The second-order valence-electron chi connectivity index (χ2n) is 9.31. The number of hydrogen-bond acceptors (Lipinski definition) is 7. The molecule has 37 heavy (non-hydrogen) atoms. The Hall–Kier alpha value is -2.74. The molecule has 1 saturated heterocycles. The van der Waals surface area contributed by atoms with Gasteiger partial charge in [-0.25, -0.2) is 0 Å². The van der Waals surface area contributed by atoms with Gasteiger partial charge in [0.05, 0.1) is 19.3 Å². The summed E-state index contributed by atoms with van der Waals surface area (Å²) in [5, 5.41) is 21.8. The van der Waals surface area contributed by atoms with Crippen LogP contribution >= 0.6 is 11.6 Å². The smallest absolute Gasteiger partial charge is 0.200 e. The van der Waals surface area contributed by atoms with Gasteiger partial charge in [-0.15, -0.1) is 0 Å². The van der Waals surface area contributed by atoms with Crippen LogP contribution in [0.15, 0.2) is 48.7 Å². The average Bonchev–Trinajstić information content (AvgIpc) is 2.90. The van der Waals surface area contributed by atoms with E-state index in [9.17, 15) is 15.0 Å². The molecule has 1 aliphatic heterocycles. The molecule has 202 valence electrons. The summed E-state index contributed by atoms with van der Waals surface area (Å²) < 4.78 is 11.5. The third-order valence-corrected chi connectivity index (χ3v) is 6.62. The van der Waals surface area contributed by atoms with Crippen LogP contribution in [0.4, 0.5) is 0 Å². The summed E-state index contributed by atoms with van der Waals surface area (Å²) in [7, 11) is 0. The SMILES string of the molecule is CCCCOc1cc(C(=O)C=CN2CCN(CC(O)c3ccc(Cl)cc3)CC2)cc(OCCCC)c1O. The summed E-state index contributed by atoms with van der Waals surface area (Å²) in [5.74, 6) is 0.296. The van der Waals surface area contributed by atoms with Crippen LogP contribution in [0.5, 0.6) is 17.2 Å². The van der Waals surface area contributed by atoms with Crippen molar-refractivity contribution >= 4 is 17.4 Å². The predicted molar refractivity (Wildman–Crippen MR) is 147 cm³/mol. The molecule has 2 N–H and O–H groups in total. The van der Waals surface area contributed by atoms with Gasteiger partial charge in [-0.05, 0) is 42.7 Å². The number of unbranched alkanes of at least 4 members (excludes halogenated alkanes) is 2. The van der Waals surface area contributed by atoms with E-state index in [4.69, 9.17) is 21.1 Å². The van der Waals surface area contributed by atoms with Gasteiger partial charge >= 0.3 is 0 Å². The van der Waals surface area contributed by atoms with Gasteiger partial charge in [0.15, 0.2) is 17.3 Å². The fourth-order valence-corrected chi connectivity index (χ4v) is 4.12. The van der Waals surface area contributed by atoms with Crippen molar-refractivity contribution in [2.75, 3.05) is 45.9 Å². The number of hydrogen-bond donors (Lipinski definition) is 2. The number of halogens is 1. The maximum absolute atomic E-state index is 13.0. The molecule has 3 rings (SSSR count). The zero-order chi connectivity index (χ0) is 26.6. The van der Waals surface area contributed by atoms with Crippen LogP contribution in [0, 0.1) is 0 Å². The number of carbonyl (C=O) groups excluding carboxylic acids is 1. The summed E-state index contributed by atoms with van der Waals surface area (Å²) in [4.78, 5) is 17.3. The number of allylic oxidation sites excluding steroid dienone is 1. The van der Waals surface area contributed by atoms with Gasteiger partial charge in [0.1, 0.15) is 0 Å². The van der Waals surface area contributed by atoms with Crippen molar-refractivity contribution in [2.45, 2.75) is 45.6 Å². The number of phenols is 1. The molecule has 0 saturated carbocycles. The number of phenolic OH excluding ortho intramolecular Hbond substituents is 1. The molecule has 0 amide bonds. The summed E-state index contributed by atoms with van der Waals surface area (Å²) in [5.41, 5.74) is 1.26. The molecule has 0 spiro atoms. The van der Waals surface area contributed by atoms with Crippen LogP contribution in [0.3, 0.4) is 0 Å². The number of aliphatic hydroxyl groups excluding tert-OH is 1. The number of nitrogens with zero attached hydrogens (tertiary/aromatic N) is 2. The lowest BCUT2D eigenvalue weighted by Gasteiger charge is -2.35. The fraction of sp³-hybridized carbons (Fsp3) is 0.483. The maximum atomic E-state index is 13.0. The summed E-state index contributed by atoms with van der Waals surface area (Å²) in [6, 6.07) is 10.4. The van der Waals surface area contributed by atoms with E-state index in [1.807, 2.05) is 18.3 Å². The van der Waals surface area contributed by atoms with E-state index in [1.165, 1.54) is 0 Å². The Morgan fingerprint density at radius 2 is 1.57 bits per heavy atom. The van der Waals surface area contributed by atoms with Crippen molar-refractivity contribution in [2.24, 2.45) is 0 Å². The topological polar surface area (TPSA) is 82.5 Å². The lowest BCUT2D eigenvalue weighted by atomic mass is 10.1. The van der Waals surface area contributed by atoms with Crippen molar-refractivity contribution in [3.05, 3.63) is 64.8 Å². The van der Waals surface area contributed by atoms with Gasteiger partial charge < -0.3 is 24.6 Å². The fourth-order valence-electron chi connectivity index (χ4n) is 4.00. The van der Waals surface area contributed by atoms with Crippen LogP contribution in [0.2, 0.25) is 5.02 Å². The minimum atomic E-state index is -0.571. The largest absolute Gasteiger partial charge is 0.502 e. The second kappa shape index (κ2) is 14.9. The number of aliphatic hydroxyl groups is 1. The molecule has 1 aliphatic rings. The third-order valence-electron chi connectivity index (χ3n) is 6.36. The number of benzene rings is 2. The molecule has 7 nitrogen and oxygen atoms in total. The highest BCUT2D eigenvalue weighted by Crippen LogP contribution is 2.38. The Bertz CT molecular complexity index is 988. The number of piperazine rings is 1. The third kappa shape index (κ3) is 8.95. The molecule has 8 heteroatoms. The first-order valence-corrected chi connectivity index (χ1v) is 13.5. The lowest BCUT2D eigenvalue weighted by molar-refractivity contribution is 0.0853. The lowest BCUT2D eigenvalue weighted by Crippen LogP contribution is -2.45. The van der Waals surface area contributed by atoms with Crippen molar-refractivity contribution in [3.8, 4) is 17.2 Å². The van der Waals surface area contributed by atoms with E-state index in [2.05, 4.69) is 23.6 Å². The Kier molecular flexibility index (Phi) is 11.6. The Balaban J connectivity index is 1.58. The van der Waals surface area contributed by atoms with Gasteiger partial charge in [-0.3, -0.25) is 9.69 Å². The quantitative estimate of drug-likeness (QED) is 0.191. The van der Waals surface area contributed by atoms with Crippen LogP contribution in [0.1, 0.15) is 61.6 Å². The number of aromatic hydroxyl groups is 1. The van der Waals surface area contributed by atoms with E-state index in [-0.39, 0.29) is 23.0 Å². The summed E-state index contributed by atoms with van der Waals surface area (Å²) in [6.45, 7) is 8.68. The van der Waals surface area contributed by atoms with Crippen LogP contribution in [0.25, 0.3) is 0 Å². The maximum Gasteiger partial charge on any atom is 0.200 e. The van der Waals surface area contributed by atoms with E-state index in [0.29, 0.717) is 30.3 Å². The molecular formula is C29H39ClN2O5. The molecule has 0 aromatic heterocycles. The van der Waals surface area contributed by atoms with Crippen molar-refractivity contribution in [1.29, 1.82) is 0 Å². The molecule has 0 aliphatic carbocycles. The van der Waals surface area contributed by atoms with Gasteiger partial charge in [0.25, 0.3) is 0 Å². The van der Waals surface area contributed by atoms with E-state index < -0.39 is 6.10 Å². The molecule has 0 bridgehead atoms. The highest BCUT2D eigenvalue weighted by molar-refractivity contribution is 6.30. The molecule has 2 aromatic carbocycles. The number of carbonyl (C=O) groups is 1. The Labute approximate surface area is 225 Å². The van der Waals surface area contributed by atoms with Gasteiger partial charge in [0.2, 0.25) is 5.75 Å². The second-order valence-corrected chi connectivity index (χ2v) is 9.75. The number of ketones is 1. The molecular weight excluding hydrogens is 492 g/mol. The first kappa shape index (κ1) is 28.8. The average molecular weight is 531 g/mol. The molecule has 1 heterocycles. The van der Waals surface area contributed by atoms with E-state index in [1.54, 1.807) is 30.3 Å². The first-order chi connectivity index (χ1) is 17.9. The van der Waals surface area contributed by atoms with Crippen molar-refractivity contribution in [3.63, 3.8) is 0 Å². The summed E-state index contributed by atoms with van der Waals surface area (Å²) in [6.07, 6.45) is 6.44. The zero-order valence-electron chi connectivity index (χ0n) is 21.9. The van der Waals surface area contributed by atoms with Crippen molar-refractivity contribution < 1.29 is 24.5 Å². The normalized spacial score (nSPS) is 15.2. The summed E-state index contributed by atoms with van der Waals surface area (Å²) >= 11 is 5.94. The van der Waals surface area contributed by atoms with Crippen LogP contribution in [-0.2, 0) is 0 Å². The van der Waals surface area contributed by atoms with Crippen LogP contribution in [-0.4, -0.2) is 71.7 Å². The van der Waals surface area contributed by atoms with Crippen LogP contribution < -0.4 is 9.47 Å². The molecule has 0 radical (unpaired) electrons. The van der Waals surface area contributed by atoms with Crippen molar-refractivity contribution in [1.82, 2.24) is 9.80 Å². The van der Waals surface area contributed by atoms with E-state index >= 15 is 0 Å². The molecule has 1 atom stereocenters. The number of ether oxygens (including phenoxy) is 2. The number of β-amino-alcohol motifs (C(OH)–C–C–N with tert-alkyl or cyclic N) is 1. The van der Waals surface area contributed by atoms with Gasteiger partial charge in [-0.2, -0.15) is 0 Å². The number of rotatable bonds is 14. The van der Waals surface area contributed by atoms with Gasteiger partial charge in [-0.1, -0.05) is 50.4 Å². The predicted octanol–water partition coefficient (Wildman–Crippen LogP) is 5.45. The monoisotopic (exact) mass is 530 g/mol. The highest BCUT2D eigenvalue weighted by atomic mass is 35.5. The first-order valence-electron chi connectivity index (χ1n) is 13.2. The van der Waals surface area contributed by atoms with E-state index in [0.717, 1.165) is 57.4 Å².